The van der Waals surface area contributed by atoms with Crippen LogP contribution in [0.15, 0.2) is 46.8 Å². The van der Waals surface area contributed by atoms with Crippen molar-refractivity contribution in [3.8, 4) is 0 Å². The highest BCUT2D eigenvalue weighted by Gasteiger charge is 2.52. The summed E-state index contributed by atoms with van der Waals surface area (Å²) in [6.07, 6.45) is 4.12. The molecule has 0 radical (unpaired) electrons. The number of carboxylic acids is 2. The first-order chi connectivity index (χ1) is 43.0. The fourth-order valence-electron chi connectivity index (χ4n) is 12.5. The lowest BCUT2D eigenvalue weighted by Crippen LogP contribution is -2.63. The van der Waals surface area contributed by atoms with E-state index in [1.165, 1.54) is 26.0 Å². The largest absolute Gasteiger partial charge is 0.481 e. The van der Waals surface area contributed by atoms with E-state index in [9.17, 15) is 58.5 Å². The third-order valence-electron chi connectivity index (χ3n) is 16.9. The summed E-state index contributed by atoms with van der Waals surface area (Å²) >= 11 is 1.28. The number of β-amino-alcohol motifs (C(OH)–C–C–N with tert-alkyl or cyclic N) is 1. The van der Waals surface area contributed by atoms with Gasteiger partial charge in [0.25, 0.3) is 5.97 Å². The monoisotopic (exact) mass is 1280 g/mol. The van der Waals surface area contributed by atoms with Gasteiger partial charge >= 0.3 is 5.97 Å². The van der Waals surface area contributed by atoms with Gasteiger partial charge in [-0.05, 0) is 112 Å². The Hall–Kier alpha value is -7.84. The number of aliphatic hydroxyl groups excluding tert-OH is 2. The molecule has 1 aromatic carbocycles. The van der Waals surface area contributed by atoms with Gasteiger partial charge in [-0.3, -0.25) is 52.9 Å². The fraction of sp³-hybridized carbons (Fsp3) is 0.627. The summed E-state index contributed by atoms with van der Waals surface area (Å²) in [5, 5.41) is 54.0. The molecule has 5 aliphatic rings. The molecule has 0 unspecified atom stereocenters. The third-order valence-corrected chi connectivity index (χ3v) is 17.8. The number of benzene rings is 1. The number of thiophene rings is 1. The first kappa shape index (κ1) is 71.2. The number of hydrogen-bond acceptors (Lipinski definition) is 18. The number of likely N-dealkylation sites (tertiary alicyclic amines) is 3. The van der Waals surface area contributed by atoms with Crippen molar-refractivity contribution in [2.75, 3.05) is 45.9 Å². The van der Waals surface area contributed by atoms with Crippen molar-refractivity contribution in [2.45, 2.75) is 183 Å². The molecule has 90 heavy (non-hydrogen) atoms. The Morgan fingerprint density at radius 3 is 2.02 bits per heavy atom. The summed E-state index contributed by atoms with van der Waals surface area (Å²) in [5.74, 6) is -8.54. The predicted molar refractivity (Wildman–Crippen MR) is 328 cm³/mol. The maximum absolute atomic E-state index is 15.2. The smallest absolute Gasteiger partial charge is 0.326 e. The number of nitrogens with one attached hydrogen (secondary N) is 5. The lowest BCUT2D eigenvalue weighted by molar-refractivity contribution is -0.153. The van der Waals surface area contributed by atoms with E-state index in [0.717, 1.165) is 36.6 Å². The number of nitrogens with two attached hydrogens (primary N) is 5. The van der Waals surface area contributed by atoms with Crippen LogP contribution in [0.5, 0.6) is 0 Å². The van der Waals surface area contributed by atoms with E-state index in [1.807, 2.05) is 6.07 Å². The van der Waals surface area contributed by atoms with Gasteiger partial charge in [0.05, 0.1) is 25.3 Å². The second-order valence-corrected chi connectivity index (χ2v) is 24.4. The SMILES string of the molecule is CC(=O)O.NCCC[C@@H](N)C(=O)N[C@@H](CCCN=C(N)N)C(=O)N1CCC[C@H]1C(=O)N1C[C@H](O)C[C@H]1C(=O)NCC(=O)N[C@@H](Cc1cccs1)C(=O)N[C@@H](CO)C(=O)N1Cc2ccccc2C[C@@H]1C(=O)N1[C@H](C(=O)N[C@@H](CCCN)C(=O)O)C[C@@H]2CCCC[C@@H]21. The van der Waals surface area contributed by atoms with Crippen molar-refractivity contribution in [1.29, 1.82) is 0 Å². The lowest BCUT2D eigenvalue weighted by Gasteiger charge is -2.42. The van der Waals surface area contributed by atoms with Crippen LogP contribution in [0.2, 0.25) is 0 Å². The highest BCUT2D eigenvalue weighted by atomic mass is 32.1. The molecule has 4 aliphatic heterocycles. The molecule has 0 spiro atoms. The van der Waals surface area contributed by atoms with Crippen LogP contribution in [0.25, 0.3) is 0 Å². The van der Waals surface area contributed by atoms with Gasteiger partial charge in [-0.25, -0.2) is 4.79 Å². The number of hydrogen-bond donors (Lipinski definition) is 14. The minimum absolute atomic E-state index is 0.0357. The van der Waals surface area contributed by atoms with Crippen LogP contribution in [0, 0.1) is 5.92 Å². The molecule has 2 aromatic rings. The molecule has 3 saturated heterocycles. The highest BCUT2D eigenvalue weighted by Crippen LogP contribution is 2.41. The number of rotatable bonds is 28. The van der Waals surface area contributed by atoms with Crippen molar-refractivity contribution >= 4 is 82.4 Å². The van der Waals surface area contributed by atoms with Crippen molar-refractivity contribution < 1.29 is 73.2 Å². The molecule has 12 atom stereocenters. The number of guanidine groups is 1. The number of amides is 9. The van der Waals surface area contributed by atoms with Gasteiger partial charge in [0.2, 0.25) is 53.2 Å². The second-order valence-electron chi connectivity index (χ2n) is 23.4. The van der Waals surface area contributed by atoms with E-state index in [2.05, 4.69) is 31.6 Å². The fourth-order valence-corrected chi connectivity index (χ4v) is 13.3. The Labute approximate surface area is 525 Å². The molecule has 19 N–H and O–H groups in total. The Kier molecular flexibility index (Phi) is 27.2. The minimum atomic E-state index is -1.64. The molecule has 1 aliphatic carbocycles. The van der Waals surface area contributed by atoms with E-state index in [-0.39, 0.29) is 102 Å². The Bertz CT molecular complexity index is 2880. The van der Waals surface area contributed by atoms with Crippen LogP contribution in [-0.2, 0) is 72.1 Å². The number of fused-ring (bicyclic) bond motifs is 2. The van der Waals surface area contributed by atoms with Gasteiger partial charge in [0.1, 0.15) is 48.3 Å². The van der Waals surface area contributed by atoms with E-state index < -0.39 is 139 Å². The minimum Gasteiger partial charge on any atom is -0.481 e. The molecule has 9 amide bonds. The van der Waals surface area contributed by atoms with Crippen LogP contribution < -0.4 is 55.3 Å². The number of carbonyl (C=O) groups excluding carboxylic acids is 9. The average Bonchev–Trinajstić information content (AvgIpc) is 1.49. The zero-order valence-electron chi connectivity index (χ0n) is 50.8. The highest BCUT2D eigenvalue weighted by molar-refractivity contribution is 7.09. The van der Waals surface area contributed by atoms with Gasteiger partial charge in [-0.15, -0.1) is 11.3 Å². The zero-order chi connectivity index (χ0) is 65.8. The van der Waals surface area contributed by atoms with Gasteiger partial charge in [-0.2, -0.15) is 0 Å². The van der Waals surface area contributed by atoms with Crippen LogP contribution in [0.4, 0.5) is 0 Å². The van der Waals surface area contributed by atoms with Crippen LogP contribution in [-0.4, -0.2) is 223 Å². The van der Waals surface area contributed by atoms with Crippen LogP contribution in [0.1, 0.15) is 113 Å². The molecule has 4 fully saturated rings. The Morgan fingerprint density at radius 2 is 1.36 bits per heavy atom. The van der Waals surface area contributed by atoms with Crippen molar-refractivity contribution in [3.63, 3.8) is 0 Å². The summed E-state index contributed by atoms with van der Waals surface area (Å²) < 4.78 is 0. The number of nitrogens with zero attached hydrogens (tertiary/aromatic N) is 5. The lowest BCUT2D eigenvalue weighted by atomic mass is 9.84. The van der Waals surface area contributed by atoms with Gasteiger partial charge < -0.3 is 95.3 Å². The Morgan fingerprint density at radius 1 is 0.689 bits per heavy atom. The summed E-state index contributed by atoms with van der Waals surface area (Å²) in [6, 6.07) is -0.584. The van der Waals surface area contributed by atoms with E-state index in [0.29, 0.717) is 49.1 Å². The van der Waals surface area contributed by atoms with Crippen LogP contribution >= 0.6 is 11.3 Å². The maximum atomic E-state index is 15.2. The molecule has 0 bridgehead atoms. The van der Waals surface area contributed by atoms with Crippen molar-refractivity contribution in [2.24, 2.45) is 39.6 Å². The van der Waals surface area contributed by atoms with E-state index in [4.69, 9.17) is 38.6 Å². The molecule has 7 rings (SSSR count). The van der Waals surface area contributed by atoms with Crippen molar-refractivity contribution in [1.82, 2.24) is 46.2 Å². The topological polar surface area (TPSA) is 484 Å². The molecule has 31 heteroatoms. The number of carboxylic acid groups (broad SMARTS) is 2. The summed E-state index contributed by atoms with van der Waals surface area (Å²) in [6.45, 7) is -0.0728. The quantitative estimate of drug-likeness (QED) is 0.0223. The number of aliphatic carboxylic acids is 2. The molecular weight excluding hydrogens is 1190 g/mol. The summed E-state index contributed by atoms with van der Waals surface area (Å²) in [7, 11) is 0. The molecule has 30 nitrogen and oxygen atoms in total. The standard InChI is InChI=1S/C57H85N15O13S.C2H4O2/c58-19-5-14-37(60)48(76)66-38(16-7-21-63-57(61)62)52(80)69-22-8-18-43(69)54(82)71-30-35(74)26-44(71)50(78)64-28-47(75)65-40(27-36-13-9-23-86-36)49(77)68-41(31-73)53(81)70-29-34-12-2-1-10-32(34)24-46(70)55(83)72-42-17-4-3-11-33(42)25-45(72)51(79)67-39(56(84)85)15-6-20-59;1-2(3)4/h1-2,9-10,12-13,23,33,35,37-46,73-74H,3-8,11,14-22,24-31,58-60H2,(H,64,78)(H,65,75)(H,66,76)(H,67,79)(H,68,77)(H,84,85)(H4,61,62,63);1H3,(H,3,4)/t33-,35+,37+,38-,39-,40-,41-,42-,43-,44-,45-,46+;/m0./s1. The average molecular weight is 1280 g/mol. The van der Waals surface area contributed by atoms with E-state index in [1.54, 1.807) is 35.7 Å². The molecular formula is C59H89N15O15S. The van der Waals surface area contributed by atoms with Gasteiger partial charge in [0.15, 0.2) is 5.96 Å². The summed E-state index contributed by atoms with van der Waals surface area (Å²) in [4.78, 5) is 159. The molecule has 1 saturated carbocycles. The molecule has 496 valence electrons. The van der Waals surface area contributed by atoms with Crippen molar-refractivity contribution in [3.05, 3.63) is 57.8 Å². The Balaban J connectivity index is 0.00000313. The zero-order valence-corrected chi connectivity index (χ0v) is 51.6. The van der Waals surface area contributed by atoms with Crippen LogP contribution in [0.3, 0.4) is 0 Å². The third kappa shape index (κ3) is 19.3. The first-order valence-electron chi connectivity index (χ1n) is 30.7. The number of carbonyl (C=O) groups is 11. The second kappa shape index (κ2) is 34.4. The number of aliphatic imine (C=N–C) groups is 1. The number of aliphatic hydroxyl groups is 2. The van der Waals surface area contributed by atoms with Gasteiger partial charge in [0, 0.05) is 63.3 Å². The van der Waals surface area contributed by atoms with Gasteiger partial charge in [-0.1, -0.05) is 43.2 Å². The molecule has 1 aromatic heterocycles. The normalized spacial score (nSPS) is 22.6. The predicted octanol–water partition coefficient (Wildman–Crippen LogP) is -3.56. The maximum Gasteiger partial charge on any atom is 0.326 e. The summed E-state index contributed by atoms with van der Waals surface area (Å²) in [5.41, 5.74) is 29.8. The first-order valence-corrected chi connectivity index (χ1v) is 31.6. The van der Waals surface area contributed by atoms with E-state index >= 15 is 4.79 Å². The molecule has 5 heterocycles.